The number of hydrogen-bond acceptors (Lipinski definition) is 5. The number of anilines is 1. The lowest BCUT2D eigenvalue weighted by Crippen LogP contribution is -2.39. The van der Waals surface area contributed by atoms with Crippen molar-refractivity contribution in [1.29, 1.82) is 5.26 Å². The van der Waals surface area contributed by atoms with Crippen LogP contribution < -0.4 is 5.32 Å². The Morgan fingerprint density at radius 2 is 2.12 bits per heavy atom. The van der Waals surface area contributed by atoms with E-state index in [1.807, 2.05) is 0 Å². The third kappa shape index (κ3) is 4.22. The van der Waals surface area contributed by atoms with Crippen LogP contribution in [0.5, 0.6) is 0 Å². The number of pyridine rings is 1. The summed E-state index contributed by atoms with van der Waals surface area (Å²) in [4.78, 5) is 17.1. The maximum absolute atomic E-state index is 15.0. The van der Waals surface area contributed by atoms with Crippen LogP contribution in [-0.2, 0) is 25.4 Å². The van der Waals surface area contributed by atoms with E-state index in [-0.39, 0.29) is 44.5 Å². The fraction of sp³-hybridized carbons (Fsp3) is 0.500. The van der Waals surface area contributed by atoms with E-state index >= 15 is 8.78 Å². The number of aromatic nitrogens is 3. The predicted molar refractivity (Wildman–Crippen MR) is 103 cm³/mol. The van der Waals surface area contributed by atoms with E-state index < -0.39 is 53.3 Å². The molecule has 2 aromatic heterocycles. The number of nitrogens with one attached hydrogen (secondary N) is 1. The van der Waals surface area contributed by atoms with Crippen molar-refractivity contribution in [2.24, 2.45) is 0 Å². The molecule has 13 heteroatoms. The van der Waals surface area contributed by atoms with Crippen LogP contribution in [0.3, 0.4) is 0 Å². The molecule has 0 fully saturated rings. The smallest absolute Gasteiger partial charge is 0.322 e. The SMILES string of the molecule is N#CC[C@]1(O)CCC(F)(F)c2c3c(nn2C1)CCN(C(=O)Nc1ccnc(C(F)F)c1F)C3. The van der Waals surface area contributed by atoms with Gasteiger partial charge in [0.2, 0.25) is 0 Å². The van der Waals surface area contributed by atoms with Gasteiger partial charge in [-0.15, -0.1) is 0 Å². The van der Waals surface area contributed by atoms with Crippen molar-refractivity contribution in [3.8, 4) is 6.07 Å². The molecule has 1 atom stereocenters. The average Bonchev–Trinajstić information content (AvgIpc) is 3.06. The molecule has 0 radical (unpaired) electrons. The van der Waals surface area contributed by atoms with Crippen molar-refractivity contribution in [1.82, 2.24) is 19.7 Å². The van der Waals surface area contributed by atoms with E-state index in [4.69, 9.17) is 5.26 Å². The summed E-state index contributed by atoms with van der Waals surface area (Å²) in [5.41, 5.74) is -3.25. The standard InChI is InChI=1S/C20H19F5N6O2/c21-14-13(1-7-27-15(14)17(22)23)28-18(32)30-8-2-12-11(9-30)16-20(24,25)4-3-19(33,5-6-26)10-31(16)29-12/h1,7,17,33H,2-5,8-10H2,(H,27,28,32)/t19-/m1/s1. The van der Waals surface area contributed by atoms with Gasteiger partial charge in [-0.3, -0.25) is 9.67 Å². The summed E-state index contributed by atoms with van der Waals surface area (Å²) in [6.07, 6.45) is -3.47. The highest BCUT2D eigenvalue weighted by atomic mass is 19.3. The van der Waals surface area contributed by atoms with Crippen LogP contribution in [-0.4, -0.2) is 42.9 Å². The Labute approximate surface area is 184 Å². The molecule has 8 nitrogen and oxygen atoms in total. The van der Waals surface area contributed by atoms with Crippen LogP contribution in [0.4, 0.5) is 32.4 Å². The van der Waals surface area contributed by atoms with Crippen molar-refractivity contribution in [3.63, 3.8) is 0 Å². The van der Waals surface area contributed by atoms with Crippen molar-refractivity contribution < 1.29 is 31.9 Å². The molecule has 2 aliphatic heterocycles. The molecule has 0 aliphatic carbocycles. The molecule has 0 spiro atoms. The summed E-state index contributed by atoms with van der Waals surface area (Å²) in [6, 6.07) is 1.97. The van der Waals surface area contributed by atoms with Gasteiger partial charge < -0.3 is 15.3 Å². The van der Waals surface area contributed by atoms with Gasteiger partial charge in [0, 0.05) is 31.1 Å². The molecule has 2 aromatic rings. The summed E-state index contributed by atoms with van der Waals surface area (Å²) in [5.74, 6) is -4.73. The second kappa shape index (κ2) is 8.26. The monoisotopic (exact) mass is 470 g/mol. The fourth-order valence-corrected chi connectivity index (χ4v) is 4.18. The zero-order chi connectivity index (χ0) is 24.0. The number of hydrogen-bond donors (Lipinski definition) is 2. The second-order valence-electron chi connectivity index (χ2n) is 8.16. The van der Waals surface area contributed by atoms with Crippen LogP contribution in [0.15, 0.2) is 12.3 Å². The molecule has 0 aromatic carbocycles. The minimum Gasteiger partial charge on any atom is -0.387 e. The molecular weight excluding hydrogens is 451 g/mol. The minimum absolute atomic E-state index is 0.0672. The Morgan fingerprint density at radius 1 is 1.36 bits per heavy atom. The first-order chi connectivity index (χ1) is 15.5. The number of nitrogens with zero attached hydrogens (tertiary/aromatic N) is 5. The molecule has 176 valence electrons. The first-order valence-corrected chi connectivity index (χ1v) is 10.1. The largest absolute Gasteiger partial charge is 0.387 e. The van der Waals surface area contributed by atoms with E-state index in [2.05, 4.69) is 15.4 Å². The molecule has 4 heterocycles. The topological polar surface area (TPSA) is 107 Å². The summed E-state index contributed by atoms with van der Waals surface area (Å²) < 4.78 is 71.0. The zero-order valence-electron chi connectivity index (χ0n) is 17.2. The third-order valence-corrected chi connectivity index (χ3v) is 5.86. The van der Waals surface area contributed by atoms with E-state index in [9.17, 15) is 23.1 Å². The van der Waals surface area contributed by atoms with Gasteiger partial charge in [0.1, 0.15) is 11.4 Å². The van der Waals surface area contributed by atoms with Gasteiger partial charge >= 0.3 is 6.03 Å². The van der Waals surface area contributed by atoms with Crippen LogP contribution in [0.25, 0.3) is 0 Å². The Hall–Kier alpha value is -3.27. The number of aliphatic hydroxyl groups is 1. The number of rotatable bonds is 3. The number of fused-ring (bicyclic) bond motifs is 3. The second-order valence-corrected chi connectivity index (χ2v) is 8.16. The Bertz CT molecular complexity index is 1130. The molecule has 0 saturated carbocycles. The summed E-state index contributed by atoms with van der Waals surface area (Å²) in [6.45, 7) is -0.488. The minimum atomic E-state index is -3.36. The van der Waals surface area contributed by atoms with Gasteiger partial charge in [0.15, 0.2) is 5.82 Å². The van der Waals surface area contributed by atoms with E-state index in [0.717, 1.165) is 21.8 Å². The van der Waals surface area contributed by atoms with Gasteiger partial charge in [0.05, 0.1) is 42.6 Å². The molecule has 0 saturated heterocycles. The van der Waals surface area contributed by atoms with Gasteiger partial charge in [-0.2, -0.15) is 19.1 Å². The number of amides is 2. The molecule has 33 heavy (non-hydrogen) atoms. The molecule has 4 rings (SSSR count). The predicted octanol–water partition coefficient (Wildman–Crippen LogP) is 3.48. The van der Waals surface area contributed by atoms with Crippen LogP contribution in [0.2, 0.25) is 0 Å². The van der Waals surface area contributed by atoms with Gasteiger partial charge in [-0.05, 0) is 12.5 Å². The van der Waals surface area contributed by atoms with Crippen LogP contribution in [0, 0.1) is 17.1 Å². The number of carbonyl (C=O) groups excluding carboxylic acids is 1. The van der Waals surface area contributed by atoms with E-state index in [0.29, 0.717) is 5.69 Å². The van der Waals surface area contributed by atoms with Crippen LogP contribution >= 0.6 is 0 Å². The first-order valence-electron chi connectivity index (χ1n) is 10.1. The summed E-state index contributed by atoms with van der Waals surface area (Å²) >= 11 is 0. The highest BCUT2D eigenvalue weighted by Crippen LogP contribution is 2.43. The van der Waals surface area contributed by atoms with E-state index in [1.54, 1.807) is 6.07 Å². The number of nitriles is 1. The number of urea groups is 1. The van der Waals surface area contributed by atoms with Crippen molar-refractivity contribution >= 4 is 11.7 Å². The Morgan fingerprint density at radius 3 is 2.82 bits per heavy atom. The maximum atomic E-state index is 15.0. The van der Waals surface area contributed by atoms with Crippen LogP contribution in [0.1, 0.15) is 48.3 Å². The first kappa shape index (κ1) is 22.9. The van der Waals surface area contributed by atoms with Gasteiger partial charge in [-0.1, -0.05) is 0 Å². The normalized spacial score (nSPS) is 21.7. The lowest BCUT2D eigenvalue weighted by Gasteiger charge is -2.28. The molecule has 2 amide bonds. The fourth-order valence-electron chi connectivity index (χ4n) is 4.18. The van der Waals surface area contributed by atoms with Crippen molar-refractivity contribution in [2.75, 3.05) is 11.9 Å². The lowest BCUT2D eigenvalue weighted by atomic mass is 9.93. The highest BCUT2D eigenvalue weighted by Gasteiger charge is 2.47. The quantitative estimate of drug-likeness (QED) is 0.668. The van der Waals surface area contributed by atoms with Gasteiger partial charge in [0.25, 0.3) is 12.3 Å². The highest BCUT2D eigenvalue weighted by molar-refractivity contribution is 5.89. The zero-order valence-corrected chi connectivity index (χ0v) is 17.2. The molecule has 2 N–H and O–H groups in total. The third-order valence-electron chi connectivity index (χ3n) is 5.86. The lowest BCUT2D eigenvalue weighted by molar-refractivity contribution is -0.0394. The Balaban J connectivity index is 1.60. The van der Waals surface area contributed by atoms with E-state index in [1.165, 1.54) is 0 Å². The maximum Gasteiger partial charge on any atom is 0.322 e. The molecular formula is C20H19F5N6O2. The van der Waals surface area contributed by atoms with Crippen molar-refractivity contribution in [2.45, 2.75) is 56.7 Å². The number of halogens is 5. The average molecular weight is 470 g/mol. The molecule has 2 aliphatic rings. The molecule has 0 unspecified atom stereocenters. The number of alkyl halides is 4. The Kier molecular flexibility index (Phi) is 5.73. The summed E-state index contributed by atoms with van der Waals surface area (Å²) in [5, 5.41) is 25.9. The van der Waals surface area contributed by atoms with Crippen molar-refractivity contribution in [3.05, 3.63) is 40.7 Å². The van der Waals surface area contributed by atoms with Gasteiger partial charge in [-0.25, -0.2) is 18.0 Å². The summed E-state index contributed by atoms with van der Waals surface area (Å²) in [7, 11) is 0. The number of carbonyl (C=O) groups is 1. The molecule has 0 bridgehead atoms.